The molecule has 2 aromatic heterocycles. The van der Waals surface area contributed by atoms with E-state index in [1.54, 1.807) is 17.9 Å². The lowest BCUT2D eigenvalue weighted by atomic mass is 9.89. The van der Waals surface area contributed by atoms with Crippen LogP contribution >= 0.6 is 0 Å². The summed E-state index contributed by atoms with van der Waals surface area (Å²) in [7, 11) is 0. The first kappa shape index (κ1) is 36.1. The van der Waals surface area contributed by atoms with Gasteiger partial charge in [0.1, 0.15) is 40.9 Å². The third kappa shape index (κ3) is 5.23. The maximum atomic E-state index is 17.7. The highest BCUT2D eigenvalue weighted by Crippen LogP contribution is 2.69. The molecule has 1 N–H and O–H groups in total. The number of terminal acetylenes is 1. The molecule has 0 radical (unpaired) electrons. The Morgan fingerprint density at radius 2 is 1.82 bits per heavy atom. The molecule has 1 amide bonds. The van der Waals surface area contributed by atoms with Crippen LogP contribution in [0.5, 0.6) is 11.8 Å². The number of furan rings is 1. The first-order valence-corrected chi connectivity index (χ1v) is 18.8. The fourth-order valence-electron chi connectivity index (χ4n) is 10.4. The van der Waals surface area contributed by atoms with Crippen LogP contribution in [-0.2, 0) is 4.79 Å². The Balaban J connectivity index is 1.16. The second-order valence-corrected chi connectivity index (χ2v) is 16.4. The fraction of sp³-hybridized carbons (Fsp3) is 0.439. The van der Waals surface area contributed by atoms with Crippen molar-refractivity contribution in [3.8, 4) is 35.2 Å². The van der Waals surface area contributed by atoms with Crippen molar-refractivity contribution in [3.05, 3.63) is 53.3 Å². The number of aromatic nitrogens is 2. The maximum absolute atomic E-state index is 17.7. The summed E-state index contributed by atoms with van der Waals surface area (Å²) in [6.07, 6.45) is 2.66. The number of carbonyl (C=O) groups excluding carboxylic acids is 1. The Hall–Kier alpha value is -5.30. The van der Waals surface area contributed by atoms with Crippen molar-refractivity contribution in [1.82, 2.24) is 19.8 Å². The number of phenolic OH excluding ortho intramolecular Hbond substituents is 1. The fourth-order valence-corrected chi connectivity index (χ4v) is 10.4. The molecule has 3 aromatic carbocycles. The lowest BCUT2D eigenvalue weighted by Gasteiger charge is -2.42. The van der Waals surface area contributed by atoms with Gasteiger partial charge in [-0.3, -0.25) is 9.69 Å². The molecular weight excluding hydrogens is 759 g/mol. The van der Waals surface area contributed by atoms with Gasteiger partial charge in [-0.25, -0.2) is 17.6 Å². The van der Waals surface area contributed by atoms with Crippen LogP contribution in [0.2, 0.25) is 0 Å². The minimum atomic E-state index is -5.07. The summed E-state index contributed by atoms with van der Waals surface area (Å²) in [5.41, 5.74) is -2.50. The van der Waals surface area contributed by atoms with Crippen molar-refractivity contribution >= 4 is 44.4 Å². The minimum Gasteiger partial charge on any atom is -0.508 e. The van der Waals surface area contributed by atoms with Gasteiger partial charge in [0.15, 0.2) is 5.82 Å². The molecule has 2 bridgehead atoms. The number of halogens is 7. The number of alkyl halides is 5. The van der Waals surface area contributed by atoms with E-state index in [1.807, 2.05) is 4.90 Å². The smallest absolute Gasteiger partial charge is 0.471 e. The second kappa shape index (κ2) is 11.9. The quantitative estimate of drug-likeness (QED) is 0.142. The van der Waals surface area contributed by atoms with Gasteiger partial charge in [0.05, 0.1) is 39.6 Å². The van der Waals surface area contributed by atoms with Gasteiger partial charge in [0.2, 0.25) is 0 Å². The number of hydrogen-bond acceptors (Lipinski definition) is 8. The predicted molar refractivity (Wildman–Crippen MR) is 194 cm³/mol. The molecular formula is C41H34F7N5O4. The Morgan fingerprint density at radius 3 is 2.51 bits per heavy atom. The Labute approximate surface area is 320 Å². The Bertz CT molecular complexity index is 2610. The molecule has 57 heavy (non-hydrogen) atoms. The molecule has 1 aliphatic carbocycles. The normalized spacial score (nSPS) is 26.6. The average Bonchev–Trinajstić information content (AvgIpc) is 3.62. The summed E-state index contributed by atoms with van der Waals surface area (Å²) in [6, 6.07) is 4.84. The third-order valence-electron chi connectivity index (χ3n) is 13.0. The first-order valence-electron chi connectivity index (χ1n) is 18.8. The molecule has 4 atom stereocenters. The number of aromatic hydroxyl groups is 1. The summed E-state index contributed by atoms with van der Waals surface area (Å²) in [6.45, 7) is 2.27. The summed E-state index contributed by atoms with van der Waals surface area (Å²) < 4.78 is 116. The zero-order valence-corrected chi connectivity index (χ0v) is 30.5. The molecule has 10 rings (SSSR count). The number of phenols is 1. The number of benzene rings is 3. The van der Waals surface area contributed by atoms with Crippen molar-refractivity contribution in [2.45, 2.75) is 75.2 Å². The van der Waals surface area contributed by atoms with E-state index in [0.29, 0.717) is 42.3 Å². The third-order valence-corrected chi connectivity index (χ3v) is 13.0. The number of ether oxygens (including phenoxy) is 1. The van der Waals surface area contributed by atoms with Crippen LogP contribution in [0, 0.1) is 36.3 Å². The van der Waals surface area contributed by atoms with Crippen LogP contribution in [0.25, 0.3) is 43.8 Å². The summed E-state index contributed by atoms with van der Waals surface area (Å²) in [5.74, 6) is -3.89. The molecule has 9 nitrogen and oxygen atoms in total. The van der Waals surface area contributed by atoms with Crippen LogP contribution in [0.1, 0.15) is 49.8 Å². The molecule has 0 unspecified atom stereocenters. The highest BCUT2D eigenvalue weighted by atomic mass is 19.4. The highest BCUT2D eigenvalue weighted by molar-refractivity contribution is 6.18. The minimum absolute atomic E-state index is 0.00823. The molecule has 296 valence electrons. The van der Waals surface area contributed by atoms with Crippen molar-refractivity contribution in [3.63, 3.8) is 0 Å². The van der Waals surface area contributed by atoms with Gasteiger partial charge < -0.3 is 24.1 Å². The number of rotatable bonds is 5. The van der Waals surface area contributed by atoms with Gasteiger partial charge in [0, 0.05) is 42.4 Å². The van der Waals surface area contributed by atoms with E-state index in [4.69, 9.17) is 20.6 Å². The van der Waals surface area contributed by atoms with Crippen LogP contribution < -0.4 is 9.64 Å². The lowest BCUT2D eigenvalue weighted by Crippen LogP contribution is -2.59. The number of hydrogen-bond donors (Lipinski definition) is 1. The van der Waals surface area contributed by atoms with Crippen molar-refractivity contribution in [1.29, 1.82) is 0 Å². The molecule has 1 saturated carbocycles. The number of amides is 1. The van der Waals surface area contributed by atoms with E-state index in [2.05, 4.69) is 10.9 Å². The van der Waals surface area contributed by atoms with Crippen molar-refractivity contribution < 1.29 is 49.8 Å². The molecule has 1 spiro atoms. The highest BCUT2D eigenvalue weighted by Gasteiger charge is 2.77. The number of nitrogens with zero attached hydrogens (tertiary/aromatic N) is 5. The number of piperazine rings is 1. The van der Waals surface area contributed by atoms with Gasteiger partial charge in [0.25, 0.3) is 5.92 Å². The molecule has 4 saturated heterocycles. The standard InChI is InChI=1S/C41H34F7N5O4/c1-3-25-28(42)8-5-21-12-24(54)13-26(29(21)25)30-32(43)33-31(27-11-20(2)57-34(27)30)35(51-14-22-6-7-23(15-51)53(22)36(55)41(46,47)48)50-37(49-33)56-19-39-9-4-10-52(39)18-38(16-39)17-40(38,44)45/h1,5,8,11-13,22-23,54H,4,6-7,9-10,14-19H2,2H3/t22-,23+,38-,39-/m1/s1. The first-order chi connectivity index (χ1) is 27.0. The monoisotopic (exact) mass is 793 g/mol. The van der Waals surface area contributed by atoms with Gasteiger partial charge in [-0.15, -0.1) is 6.42 Å². The molecule has 6 heterocycles. The van der Waals surface area contributed by atoms with Crippen LogP contribution in [0.15, 0.2) is 34.7 Å². The maximum Gasteiger partial charge on any atom is 0.471 e. The van der Waals surface area contributed by atoms with Crippen molar-refractivity contribution in [2.75, 3.05) is 37.7 Å². The average molecular weight is 794 g/mol. The van der Waals surface area contributed by atoms with Gasteiger partial charge >= 0.3 is 18.1 Å². The van der Waals surface area contributed by atoms with E-state index in [9.17, 15) is 31.9 Å². The number of fused-ring (bicyclic) bond motifs is 7. The molecule has 5 aromatic rings. The predicted octanol–water partition coefficient (Wildman–Crippen LogP) is 7.85. The Morgan fingerprint density at radius 1 is 1.09 bits per heavy atom. The number of aryl methyl sites for hydroxylation is 1. The van der Waals surface area contributed by atoms with E-state index in [1.165, 1.54) is 18.2 Å². The molecule has 5 aliphatic rings. The van der Waals surface area contributed by atoms with Gasteiger partial charge in [-0.2, -0.15) is 23.1 Å². The zero-order chi connectivity index (χ0) is 40.0. The van der Waals surface area contributed by atoms with Crippen molar-refractivity contribution in [2.24, 2.45) is 5.41 Å². The summed E-state index contributed by atoms with van der Waals surface area (Å²) >= 11 is 0. The van der Waals surface area contributed by atoms with Gasteiger partial charge in [-0.1, -0.05) is 12.0 Å². The van der Waals surface area contributed by atoms with E-state index < -0.39 is 52.7 Å². The van der Waals surface area contributed by atoms with E-state index in [0.717, 1.165) is 17.4 Å². The van der Waals surface area contributed by atoms with Gasteiger partial charge in [-0.05, 0) is 75.2 Å². The van der Waals surface area contributed by atoms with Crippen LogP contribution in [0.3, 0.4) is 0 Å². The molecule has 4 aliphatic heterocycles. The Kier molecular flexibility index (Phi) is 7.51. The van der Waals surface area contributed by atoms with Crippen LogP contribution in [-0.4, -0.2) is 93.3 Å². The topological polar surface area (TPSA) is 95.2 Å². The van der Waals surface area contributed by atoms with Crippen LogP contribution in [0.4, 0.5) is 36.6 Å². The van der Waals surface area contributed by atoms with E-state index in [-0.39, 0.29) is 95.2 Å². The zero-order valence-electron chi connectivity index (χ0n) is 30.5. The largest absolute Gasteiger partial charge is 0.508 e. The SMILES string of the molecule is C#Cc1c(F)ccc2cc(O)cc(-c3c(F)c4nc(OC[C@]56CCCN5C[C@]5(CC5(F)F)C6)nc(N5C[C@H]6CC[C@@H](C5)N6C(=O)C(F)(F)F)c4c4cc(C)oc34)c12. The molecule has 16 heteroatoms. The number of anilines is 1. The molecule has 5 fully saturated rings. The number of carbonyl (C=O) groups is 1. The summed E-state index contributed by atoms with van der Waals surface area (Å²) in [5, 5.41) is 11.7. The summed E-state index contributed by atoms with van der Waals surface area (Å²) in [4.78, 5) is 26.5. The second-order valence-electron chi connectivity index (χ2n) is 16.4. The van der Waals surface area contributed by atoms with E-state index >= 15 is 8.78 Å². The lowest BCUT2D eigenvalue weighted by molar-refractivity contribution is -0.188.